The predicted octanol–water partition coefficient (Wildman–Crippen LogP) is 6.61. The van der Waals surface area contributed by atoms with E-state index in [-0.39, 0.29) is 17.8 Å². The van der Waals surface area contributed by atoms with Crippen LogP contribution in [0.25, 0.3) is 10.8 Å². The summed E-state index contributed by atoms with van der Waals surface area (Å²) in [7, 11) is 0. The Labute approximate surface area is 177 Å². The van der Waals surface area contributed by atoms with Crippen molar-refractivity contribution in [3.63, 3.8) is 0 Å². The van der Waals surface area contributed by atoms with Crippen molar-refractivity contribution in [3.8, 4) is 5.75 Å². The van der Waals surface area contributed by atoms with Crippen LogP contribution in [-0.4, -0.2) is 12.0 Å². The van der Waals surface area contributed by atoms with Gasteiger partial charge in [-0.3, -0.25) is 4.79 Å². The fourth-order valence-corrected chi connectivity index (χ4v) is 4.55. The van der Waals surface area contributed by atoms with Gasteiger partial charge in [0.05, 0.1) is 11.5 Å². The monoisotopic (exact) mass is 405 g/mol. The summed E-state index contributed by atoms with van der Waals surface area (Å²) in [5.74, 6) is 0.512. The van der Waals surface area contributed by atoms with Crippen LogP contribution in [0.1, 0.15) is 51.5 Å². The minimum absolute atomic E-state index is 0.0171. The highest BCUT2D eigenvalue weighted by Gasteiger charge is 2.41. The van der Waals surface area contributed by atoms with Gasteiger partial charge in [0.15, 0.2) is 0 Å². The van der Waals surface area contributed by atoms with E-state index in [9.17, 15) is 9.18 Å². The molecule has 3 nitrogen and oxygen atoms in total. The summed E-state index contributed by atoms with van der Waals surface area (Å²) in [5.41, 5.74) is 1.05. The number of halogens is 1. The number of carbonyl (C=O) groups excluding carboxylic acids is 1. The van der Waals surface area contributed by atoms with Crippen LogP contribution < -0.4 is 10.1 Å². The third kappa shape index (κ3) is 3.91. The van der Waals surface area contributed by atoms with E-state index in [4.69, 9.17) is 4.74 Å². The number of hydrogen-bond donors (Lipinski definition) is 1. The van der Waals surface area contributed by atoms with Crippen LogP contribution in [0.3, 0.4) is 0 Å². The second-order valence-electron chi connectivity index (χ2n) is 8.43. The molecule has 0 radical (unpaired) electrons. The van der Waals surface area contributed by atoms with Crippen molar-refractivity contribution in [1.82, 2.24) is 0 Å². The smallest absolute Gasteiger partial charge is 0.235 e. The van der Waals surface area contributed by atoms with Crippen molar-refractivity contribution >= 4 is 22.4 Å². The van der Waals surface area contributed by atoms with E-state index in [0.29, 0.717) is 0 Å². The zero-order valence-electron chi connectivity index (χ0n) is 17.6. The van der Waals surface area contributed by atoms with E-state index < -0.39 is 5.41 Å². The number of nitrogens with one attached hydrogen (secondary N) is 1. The summed E-state index contributed by atoms with van der Waals surface area (Å²) in [5, 5.41) is 5.13. The van der Waals surface area contributed by atoms with Crippen molar-refractivity contribution < 1.29 is 13.9 Å². The van der Waals surface area contributed by atoms with Crippen LogP contribution in [0.15, 0.2) is 60.7 Å². The van der Waals surface area contributed by atoms with Crippen LogP contribution >= 0.6 is 0 Å². The lowest BCUT2D eigenvalue weighted by atomic mass is 9.68. The first-order chi connectivity index (χ1) is 14.5. The lowest BCUT2D eigenvalue weighted by Gasteiger charge is -2.36. The first kappa shape index (κ1) is 20.4. The van der Waals surface area contributed by atoms with Crippen LogP contribution in [0, 0.1) is 5.82 Å². The van der Waals surface area contributed by atoms with Gasteiger partial charge in [-0.05, 0) is 56.5 Å². The first-order valence-corrected chi connectivity index (χ1v) is 10.8. The molecular formula is C26H28FNO2. The SMILES string of the molecule is CC(C)Oc1ccc(NC(=O)C2(c3ccc(F)cc3)CCCCC2)c2ccccc12. The number of benzene rings is 3. The van der Waals surface area contributed by atoms with Crippen LogP contribution in [0.2, 0.25) is 0 Å². The maximum Gasteiger partial charge on any atom is 0.235 e. The van der Waals surface area contributed by atoms with Crippen molar-refractivity contribution in [3.05, 3.63) is 72.0 Å². The number of anilines is 1. The standard InChI is InChI=1S/C26H28FNO2/c1-18(2)30-24-15-14-23(21-8-4-5-9-22(21)24)28-25(29)26(16-6-3-7-17-26)19-10-12-20(27)13-11-19/h4-5,8-15,18H,3,6-7,16-17H2,1-2H3,(H,28,29). The van der Waals surface area contributed by atoms with Gasteiger partial charge in [-0.2, -0.15) is 0 Å². The Kier molecular flexibility index (Phi) is 5.76. The molecule has 0 unspecified atom stereocenters. The van der Waals surface area contributed by atoms with E-state index in [0.717, 1.165) is 59.9 Å². The number of rotatable bonds is 5. The normalized spacial score (nSPS) is 15.9. The topological polar surface area (TPSA) is 38.3 Å². The molecular weight excluding hydrogens is 377 g/mol. The van der Waals surface area contributed by atoms with Gasteiger partial charge in [0.1, 0.15) is 11.6 Å². The fraction of sp³-hybridized carbons (Fsp3) is 0.346. The van der Waals surface area contributed by atoms with Gasteiger partial charge in [-0.15, -0.1) is 0 Å². The number of hydrogen-bond acceptors (Lipinski definition) is 2. The molecule has 0 heterocycles. The Morgan fingerprint density at radius 3 is 2.27 bits per heavy atom. The van der Waals surface area contributed by atoms with Crippen molar-refractivity contribution in [1.29, 1.82) is 0 Å². The molecule has 1 aliphatic rings. The van der Waals surface area contributed by atoms with Gasteiger partial charge in [-0.25, -0.2) is 4.39 Å². The first-order valence-electron chi connectivity index (χ1n) is 10.8. The highest BCUT2D eigenvalue weighted by atomic mass is 19.1. The van der Waals surface area contributed by atoms with E-state index in [1.165, 1.54) is 12.1 Å². The second-order valence-corrected chi connectivity index (χ2v) is 8.43. The zero-order chi connectivity index (χ0) is 21.1. The van der Waals surface area contributed by atoms with E-state index in [1.54, 1.807) is 12.1 Å². The summed E-state index contributed by atoms with van der Waals surface area (Å²) in [6, 6.07) is 18.2. The average molecular weight is 406 g/mol. The molecule has 3 aromatic rings. The molecule has 1 fully saturated rings. The lowest BCUT2D eigenvalue weighted by molar-refractivity contribution is -0.122. The van der Waals surface area contributed by atoms with Crippen LogP contribution in [0.4, 0.5) is 10.1 Å². The Hall–Kier alpha value is -2.88. The maximum atomic E-state index is 13.6. The van der Waals surface area contributed by atoms with Gasteiger partial charge in [0, 0.05) is 16.5 Å². The Balaban J connectivity index is 1.71. The molecule has 156 valence electrons. The lowest BCUT2D eigenvalue weighted by Crippen LogP contribution is -2.42. The summed E-state index contributed by atoms with van der Waals surface area (Å²) in [6.45, 7) is 4.00. The maximum absolute atomic E-state index is 13.6. The molecule has 1 N–H and O–H groups in total. The quantitative estimate of drug-likeness (QED) is 0.519. The molecule has 1 saturated carbocycles. The molecule has 0 aromatic heterocycles. The van der Waals surface area contributed by atoms with Gasteiger partial charge >= 0.3 is 0 Å². The van der Waals surface area contributed by atoms with Gasteiger partial charge in [-0.1, -0.05) is 55.7 Å². The highest BCUT2D eigenvalue weighted by molar-refractivity contribution is 6.07. The number of amides is 1. The number of fused-ring (bicyclic) bond motifs is 1. The number of ether oxygens (including phenoxy) is 1. The fourth-order valence-electron chi connectivity index (χ4n) is 4.55. The zero-order valence-corrected chi connectivity index (χ0v) is 17.6. The minimum Gasteiger partial charge on any atom is -0.490 e. The molecule has 3 aromatic carbocycles. The molecule has 4 heteroatoms. The summed E-state index contributed by atoms with van der Waals surface area (Å²) >= 11 is 0. The molecule has 0 atom stereocenters. The molecule has 4 rings (SSSR count). The van der Waals surface area contributed by atoms with E-state index in [2.05, 4.69) is 5.32 Å². The Bertz CT molecular complexity index is 1040. The third-order valence-electron chi connectivity index (χ3n) is 6.03. The van der Waals surface area contributed by atoms with Crippen molar-refractivity contribution in [2.24, 2.45) is 0 Å². The molecule has 30 heavy (non-hydrogen) atoms. The van der Waals surface area contributed by atoms with E-state index in [1.807, 2.05) is 50.2 Å². The van der Waals surface area contributed by atoms with Crippen molar-refractivity contribution in [2.75, 3.05) is 5.32 Å². The predicted molar refractivity (Wildman–Crippen MR) is 120 cm³/mol. The largest absolute Gasteiger partial charge is 0.490 e. The van der Waals surface area contributed by atoms with Crippen LogP contribution in [-0.2, 0) is 10.2 Å². The van der Waals surface area contributed by atoms with Gasteiger partial charge in [0.25, 0.3) is 0 Å². The Morgan fingerprint density at radius 2 is 1.60 bits per heavy atom. The van der Waals surface area contributed by atoms with Crippen LogP contribution in [0.5, 0.6) is 5.75 Å². The second kappa shape index (κ2) is 8.47. The average Bonchev–Trinajstić information content (AvgIpc) is 2.76. The molecule has 1 amide bonds. The molecule has 1 aliphatic carbocycles. The summed E-state index contributed by atoms with van der Waals surface area (Å²) in [6.07, 6.45) is 4.73. The molecule has 0 aliphatic heterocycles. The molecule has 0 spiro atoms. The van der Waals surface area contributed by atoms with Crippen molar-refractivity contribution in [2.45, 2.75) is 57.5 Å². The summed E-state index contributed by atoms with van der Waals surface area (Å²) in [4.78, 5) is 13.6. The highest BCUT2D eigenvalue weighted by Crippen LogP contribution is 2.41. The molecule has 0 bridgehead atoms. The van der Waals surface area contributed by atoms with E-state index >= 15 is 0 Å². The van der Waals surface area contributed by atoms with Gasteiger partial charge < -0.3 is 10.1 Å². The number of carbonyl (C=O) groups is 1. The minimum atomic E-state index is -0.625. The summed E-state index contributed by atoms with van der Waals surface area (Å²) < 4.78 is 19.5. The molecule has 0 saturated heterocycles. The van der Waals surface area contributed by atoms with Gasteiger partial charge in [0.2, 0.25) is 5.91 Å². The Morgan fingerprint density at radius 1 is 0.933 bits per heavy atom. The third-order valence-corrected chi connectivity index (χ3v) is 6.03.